The molecule has 2 aromatic carbocycles. The first kappa shape index (κ1) is 33.3. The topological polar surface area (TPSA) is 181 Å². The van der Waals surface area contributed by atoms with Crippen molar-refractivity contribution in [1.29, 1.82) is 0 Å². The summed E-state index contributed by atoms with van der Waals surface area (Å²) in [6.45, 7) is 9.87. The fraction of sp³-hybridized carbons (Fsp3) is 0.432. The number of hydrogen-bond donors (Lipinski definition) is 5. The molecule has 3 aliphatic heterocycles. The van der Waals surface area contributed by atoms with Crippen LogP contribution in [-0.4, -0.2) is 57.7 Å². The number of fused-ring (bicyclic) bond motifs is 4. The van der Waals surface area contributed by atoms with Crippen molar-refractivity contribution in [3.05, 3.63) is 82.8 Å². The lowest BCUT2D eigenvalue weighted by Gasteiger charge is -2.29. The predicted octanol–water partition coefficient (Wildman–Crippen LogP) is 4.21. The van der Waals surface area contributed by atoms with Crippen LogP contribution < -0.4 is 26.0 Å². The van der Waals surface area contributed by atoms with E-state index in [1.807, 2.05) is 63.2 Å². The van der Waals surface area contributed by atoms with Gasteiger partial charge in [-0.1, -0.05) is 71.4 Å². The van der Waals surface area contributed by atoms with Crippen LogP contribution in [0.3, 0.4) is 0 Å². The normalized spacial score (nSPS) is 22.4. The van der Waals surface area contributed by atoms with Crippen LogP contribution in [0, 0.1) is 11.8 Å². The molecular formula is C37H42N6O7. The van der Waals surface area contributed by atoms with E-state index >= 15 is 0 Å². The number of aromatic nitrogens is 2. The molecule has 0 saturated carbocycles. The van der Waals surface area contributed by atoms with E-state index in [1.165, 1.54) is 6.26 Å². The van der Waals surface area contributed by atoms with Crippen molar-refractivity contribution in [2.75, 3.05) is 11.9 Å². The van der Waals surface area contributed by atoms with Crippen LogP contribution in [0.25, 0.3) is 11.6 Å². The van der Waals surface area contributed by atoms with Crippen LogP contribution in [0.4, 0.5) is 5.69 Å². The molecule has 0 saturated heterocycles. The summed E-state index contributed by atoms with van der Waals surface area (Å²) >= 11 is 0. The van der Waals surface area contributed by atoms with E-state index in [0.717, 1.165) is 35.2 Å². The number of aliphatic hydroxyl groups excluding tert-OH is 1. The minimum atomic E-state index is -1.29. The summed E-state index contributed by atoms with van der Waals surface area (Å²) in [5.74, 6) is -0.762. The zero-order valence-corrected chi connectivity index (χ0v) is 28.7. The van der Waals surface area contributed by atoms with E-state index in [1.54, 1.807) is 13.8 Å². The van der Waals surface area contributed by atoms with Gasteiger partial charge in [-0.05, 0) is 41.5 Å². The minimum absolute atomic E-state index is 0.0780. The Labute approximate surface area is 289 Å². The molecule has 0 radical (unpaired) electrons. The Kier molecular flexibility index (Phi) is 8.63. The van der Waals surface area contributed by atoms with Crippen molar-refractivity contribution >= 4 is 23.4 Å². The van der Waals surface area contributed by atoms with Gasteiger partial charge in [0, 0.05) is 24.2 Å². The number of anilines is 1. The van der Waals surface area contributed by atoms with Gasteiger partial charge in [-0.25, -0.2) is 9.97 Å². The second-order valence-corrected chi connectivity index (χ2v) is 13.9. The number of para-hydroxylation sites is 1. The van der Waals surface area contributed by atoms with Crippen LogP contribution in [-0.2, 0) is 21.4 Å². The second-order valence-electron chi connectivity index (χ2n) is 13.9. The molecule has 13 nitrogen and oxygen atoms in total. The lowest BCUT2D eigenvalue weighted by atomic mass is 9.72. The quantitative estimate of drug-likeness (QED) is 0.161. The molecule has 0 fully saturated rings. The summed E-state index contributed by atoms with van der Waals surface area (Å²) in [5.41, 5.74) is 2.52. The maximum Gasteiger partial charge on any atom is 0.273 e. The molecular weight excluding hydrogens is 640 g/mol. The molecule has 0 aliphatic carbocycles. The summed E-state index contributed by atoms with van der Waals surface area (Å²) in [6.07, 6.45) is 1.27. The molecule has 5 atom stereocenters. The molecule has 1 unspecified atom stereocenters. The van der Waals surface area contributed by atoms with Gasteiger partial charge in [-0.3, -0.25) is 14.4 Å². The number of nitrogens with one attached hydrogen (secondary N) is 4. The largest absolute Gasteiger partial charge is 0.469 e. The molecule has 7 rings (SSSR count). The van der Waals surface area contributed by atoms with Crippen molar-refractivity contribution < 1.29 is 33.1 Å². The van der Waals surface area contributed by atoms with E-state index in [-0.39, 0.29) is 47.3 Å². The Bertz CT molecular complexity index is 1950. The Morgan fingerprint density at radius 1 is 1.08 bits per heavy atom. The molecule has 3 amide bonds. The molecule has 3 aliphatic rings. The highest BCUT2D eigenvalue weighted by molar-refractivity contribution is 5.92. The first-order valence-electron chi connectivity index (χ1n) is 17.2. The van der Waals surface area contributed by atoms with Gasteiger partial charge in [-0.15, -0.1) is 0 Å². The number of benzene rings is 2. The number of amides is 3. The highest BCUT2D eigenvalue weighted by Crippen LogP contribution is 2.59. The average Bonchev–Trinajstić information content (AvgIpc) is 3.87. The number of rotatable bonds is 9. The fourth-order valence-electron chi connectivity index (χ4n) is 6.96. The summed E-state index contributed by atoms with van der Waals surface area (Å²) in [5, 5.41) is 22.8. The Morgan fingerprint density at radius 2 is 1.88 bits per heavy atom. The van der Waals surface area contributed by atoms with E-state index in [0.29, 0.717) is 18.1 Å². The van der Waals surface area contributed by atoms with Crippen LogP contribution in [0.2, 0.25) is 0 Å². The highest BCUT2D eigenvalue weighted by atomic mass is 16.5. The SMILES string of the molecule is CCCCNC(=O)c1coc(-c2nc3oc2[C@@]24c5ccccc5NC2Oc2ccc(cc24)C[C@H](NC(=O)[C@@H](O)C(C)C)C(=O)N[C@H]3C(C)C)n1. The van der Waals surface area contributed by atoms with Gasteiger partial charge in [0.2, 0.25) is 23.6 Å². The second kappa shape index (κ2) is 12.9. The zero-order valence-electron chi connectivity index (χ0n) is 28.7. The molecule has 4 bridgehead atoms. The highest BCUT2D eigenvalue weighted by Gasteiger charge is 2.61. The fourth-order valence-corrected chi connectivity index (χ4v) is 6.96. The summed E-state index contributed by atoms with van der Waals surface area (Å²) in [4.78, 5) is 49.6. The van der Waals surface area contributed by atoms with E-state index in [4.69, 9.17) is 18.6 Å². The van der Waals surface area contributed by atoms with Gasteiger partial charge >= 0.3 is 0 Å². The van der Waals surface area contributed by atoms with Crippen LogP contribution >= 0.6 is 0 Å². The molecule has 2 aromatic heterocycles. The van der Waals surface area contributed by atoms with Gasteiger partial charge in [0.25, 0.3) is 5.91 Å². The van der Waals surface area contributed by atoms with Crippen molar-refractivity contribution in [1.82, 2.24) is 25.9 Å². The smallest absolute Gasteiger partial charge is 0.273 e. The zero-order chi connectivity index (χ0) is 35.3. The minimum Gasteiger partial charge on any atom is -0.469 e. The predicted molar refractivity (Wildman–Crippen MR) is 182 cm³/mol. The number of carbonyl (C=O) groups excluding carboxylic acids is 3. The van der Waals surface area contributed by atoms with Gasteiger partial charge < -0.3 is 39.9 Å². The Hall–Kier alpha value is -5.17. The number of ether oxygens (including phenoxy) is 1. The van der Waals surface area contributed by atoms with E-state index < -0.39 is 41.6 Å². The first-order chi connectivity index (χ1) is 24.0. The third kappa shape index (κ3) is 5.49. The number of hydrogen-bond acceptors (Lipinski definition) is 10. The monoisotopic (exact) mass is 682 g/mol. The standard InChI is InChI=1S/C37H42N6O7/c1-6-7-14-38-31(45)25-17-48-34(40-25)28-30-37-21-10-8-9-11-23(21)41-36(37)49-26-13-12-20(15-22(26)37)16-24(39-33(47)29(44)19(4)5)32(46)42-27(18(2)3)35(43-28)50-30/h8-13,15,17-19,24,27,29,36,41,44H,6-7,14,16H2,1-5H3,(H,38,45)(H,39,47)(H,42,46)/t24-,27-,29-,36?,37-/m0/s1. The van der Waals surface area contributed by atoms with Gasteiger partial charge in [0.05, 0.1) is 0 Å². The maximum atomic E-state index is 14.0. The number of aliphatic hydroxyl groups is 1. The molecule has 4 aromatic rings. The maximum absolute atomic E-state index is 14.0. The molecule has 5 heterocycles. The van der Waals surface area contributed by atoms with Crippen molar-refractivity contribution in [2.24, 2.45) is 11.8 Å². The number of oxazole rings is 2. The van der Waals surface area contributed by atoms with E-state index in [9.17, 15) is 19.5 Å². The van der Waals surface area contributed by atoms with Crippen LogP contribution in [0.1, 0.15) is 92.3 Å². The molecule has 262 valence electrons. The average molecular weight is 683 g/mol. The van der Waals surface area contributed by atoms with Crippen molar-refractivity contribution in [3.8, 4) is 17.3 Å². The molecule has 13 heteroatoms. The summed E-state index contributed by atoms with van der Waals surface area (Å²) in [7, 11) is 0. The number of carbonyl (C=O) groups is 3. The molecule has 1 spiro atoms. The molecule has 5 N–H and O–H groups in total. The third-order valence-corrected chi connectivity index (χ3v) is 9.71. The summed E-state index contributed by atoms with van der Waals surface area (Å²) < 4.78 is 19.4. The van der Waals surface area contributed by atoms with Crippen LogP contribution in [0.15, 0.2) is 57.6 Å². The lowest BCUT2D eigenvalue weighted by molar-refractivity contribution is -0.135. The van der Waals surface area contributed by atoms with Gasteiger partial charge in [-0.2, -0.15) is 0 Å². The number of nitrogens with zero attached hydrogens (tertiary/aromatic N) is 2. The summed E-state index contributed by atoms with van der Waals surface area (Å²) in [6, 6.07) is 11.8. The van der Waals surface area contributed by atoms with Crippen LogP contribution in [0.5, 0.6) is 5.75 Å². The molecule has 50 heavy (non-hydrogen) atoms. The van der Waals surface area contributed by atoms with E-state index in [2.05, 4.69) is 26.3 Å². The Balaban J connectivity index is 1.43. The first-order valence-corrected chi connectivity index (χ1v) is 17.2. The van der Waals surface area contributed by atoms with Crippen molar-refractivity contribution in [3.63, 3.8) is 0 Å². The third-order valence-electron chi connectivity index (χ3n) is 9.71. The number of unbranched alkanes of at least 4 members (excludes halogenated alkanes) is 1. The lowest BCUT2D eigenvalue weighted by Crippen LogP contribution is -2.52. The Morgan fingerprint density at radius 3 is 2.64 bits per heavy atom. The van der Waals surface area contributed by atoms with Crippen molar-refractivity contribution in [2.45, 2.75) is 83.7 Å². The van der Waals surface area contributed by atoms with Gasteiger partial charge in [0.1, 0.15) is 35.6 Å². The van der Waals surface area contributed by atoms with Gasteiger partial charge in [0.15, 0.2) is 23.4 Å².